The zero-order valence-electron chi connectivity index (χ0n) is 13.8. The quantitative estimate of drug-likeness (QED) is 0.918. The maximum absolute atomic E-state index is 12.1. The summed E-state index contributed by atoms with van der Waals surface area (Å²) in [5.41, 5.74) is 5.49. The Labute approximate surface area is 133 Å². The molecule has 2 aromatic rings. The van der Waals surface area contributed by atoms with Crippen molar-refractivity contribution in [2.75, 3.05) is 25.5 Å². The van der Waals surface area contributed by atoms with Crippen molar-refractivity contribution in [3.05, 3.63) is 64.7 Å². The molecule has 0 heterocycles. The van der Waals surface area contributed by atoms with E-state index in [-0.39, 0.29) is 5.91 Å². The van der Waals surface area contributed by atoms with Crippen molar-refractivity contribution in [2.24, 2.45) is 0 Å². The second-order valence-corrected chi connectivity index (χ2v) is 5.87. The highest BCUT2D eigenvalue weighted by atomic mass is 16.1. The summed E-state index contributed by atoms with van der Waals surface area (Å²) in [6, 6.07) is 14.2. The van der Waals surface area contributed by atoms with Gasteiger partial charge in [-0.1, -0.05) is 18.2 Å². The molecule has 0 saturated heterocycles. The molecule has 0 aliphatic heterocycles. The first-order valence-corrected chi connectivity index (χ1v) is 7.59. The molecular weight excluding hydrogens is 272 g/mol. The van der Waals surface area contributed by atoms with E-state index in [0.717, 1.165) is 17.5 Å². The van der Waals surface area contributed by atoms with Crippen LogP contribution in [0.5, 0.6) is 0 Å². The molecule has 0 spiro atoms. The van der Waals surface area contributed by atoms with Gasteiger partial charge in [0.2, 0.25) is 0 Å². The lowest BCUT2D eigenvalue weighted by molar-refractivity contribution is 0.0954. The lowest BCUT2D eigenvalue weighted by Gasteiger charge is -2.13. The second kappa shape index (κ2) is 7.12. The van der Waals surface area contributed by atoms with E-state index in [2.05, 4.69) is 41.4 Å². The fraction of sp³-hybridized carbons (Fsp3) is 0.316. The van der Waals surface area contributed by atoms with Gasteiger partial charge in [-0.15, -0.1) is 0 Å². The van der Waals surface area contributed by atoms with Crippen LogP contribution in [0.25, 0.3) is 0 Å². The molecule has 3 heteroatoms. The number of amides is 1. The van der Waals surface area contributed by atoms with Gasteiger partial charge in [-0.05, 0) is 61.2 Å². The Bertz CT molecular complexity index is 645. The molecule has 0 saturated carbocycles. The van der Waals surface area contributed by atoms with E-state index in [1.165, 1.54) is 16.8 Å². The summed E-state index contributed by atoms with van der Waals surface area (Å²) in [6.45, 7) is 4.72. The first-order valence-electron chi connectivity index (χ1n) is 7.59. The van der Waals surface area contributed by atoms with E-state index in [1.54, 1.807) is 0 Å². The van der Waals surface area contributed by atoms with Gasteiger partial charge in [0.05, 0.1) is 0 Å². The van der Waals surface area contributed by atoms with E-state index in [9.17, 15) is 4.79 Å². The SMILES string of the molecule is Cc1ccc(C(=O)NCCc2ccc(N(C)C)cc2)cc1C. The van der Waals surface area contributed by atoms with Gasteiger partial charge in [0.1, 0.15) is 0 Å². The monoisotopic (exact) mass is 296 g/mol. The van der Waals surface area contributed by atoms with E-state index in [1.807, 2.05) is 39.2 Å². The summed E-state index contributed by atoms with van der Waals surface area (Å²) in [7, 11) is 4.05. The first kappa shape index (κ1) is 16.1. The highest BCUT2D eigenvalue weighted by Gasteiger charge is 2.06. The van der Waals surface area contributed by atoms with Gasteiger partial charge >= 0.3 is 0 Å². The number of aryl methyl sites for hydroxylation is 2. The lowest BCUT2D eigenvalue weighted by Crippen LogP contribution is -2.25. The van der Waals surface area contributed by atoms with Crippen LogP contribution in [0.15, 0.2) is 42.5 Å². The minimum atomic E-state index is -0.00647. The summed E-state index contributed by atoms with van der Waals surface area (Å²) in [4.78, 5) is 14.2. The number of hydrogen-bond donors (Lipinski definition) is 1. The molecule has 0 radical (unpaired) electrons. The molecule has 0 atom stereocenters. The number of anilines is 1. The smallest absolute Gasteiger partial charge is 0.251 e. The van der Waals surface area contributed by atoms with E-state index in [4.69, 9.17) is 0 Å². The number of nitrogens with zero attached hydrogens (tertiary/aromatic N) is 1. The molecule has 0 aliphatic rings. The van der Waals surface area contributed by atoms with E-state index in [0.29, 0.717) is 6.54 Å². The van der Waals surface area contributed by atoms with Crippen LogP contribution >= 0.6 is 0 Å². The van der Waals surface area contributed by atoms with E-state index < -0.39 is 0 Å². The number of nitrogens with one attached hydrogen (secondary N) is 1. The fourth-order valence-corrected chi connectivity index (χ4v) is 2.27. The number of hydrogen-bond acceptors (Lipinski definition) is 2. The summed E-state index contributed by atoms with van der Waals surface area (Å²) in [5.74, 6) is -0.00647. The zero-order chi connectivity index (χ0) is 16.1. The standard InChI is InChI=1S/C19H24N2O/c1-14-5-8-17(13-15(14)2)19(22)20-12-11-16-6-9-18(10-7-16)21(3)4/h5-10,13H,11-12H2,1-4H3,(H,20,22). The average molecular weight is 296 g/mol. The van der Waals surface area contributed by atoms with Crippen molar-refractivity contribution in [1.29, 1.82) is 0 Å². The Balaban J connectivity index is 1.87. The predicted octanol–water partition coefficient (Wildman–Crippen LogP) is 3.34. The third kappa shape index (κ3) is 4.10. The lowest BCUT2D eigenvalue weighted by atomic mass is 10.1. The fourth-order valence-electron chi connectivity index (χ4n) is 2.27. The van der Waals surface area contributed by atoms with Crippen molar-refractivity contribution < 1.29 is 4.79 Å². The number of rotatable bonds is 5. The molecule has 1 amide bonds. The number of carbonyl (C=O) groups is 1. The molecule has 22 heavy (non-hydrogen) atoms. The van der Waals surface area contributed by atoms with Crippen LogP contribution in [0.3, 0.4) is 0 Å². The van der Waals surface area contributed by atoms with Crippen LogP contribution < -0.4 is 10.2 Å². The van der Waals surface area contributed by atoms with Crippen LogP contribution in [0.2, 0.25) is 0 Å². The van der Waals surface area contributed by atoms with Crippen molar-refractivity contribution in [1.82, 2.24) is 5.32 Å². The topological polar surface area (TPSA) is 32.3 Å². The summed E-state index contributed by atoms with van der Waals surface area (Å²) < 4.78 is 0. The van der Waals surface area contributed by atoms with Gasteiger partial charge in [-0.25, -0.2) is 0 Å². The Morgan fingerprint density at radius 3 is 2.27 bits per heavy atom. The minimum absolute atomic E-state index is 0.00647. The molecule has 0 aliphatic carbocycles. The third-order valence-corrected chi connectivity index (χ3v) is 3.92. The largest absolute Gasteiger partial charge is 0.378 e. The average Bonchev–Trinajstić information content (AvgIpc) is 2.50. The van der Waals surface area contributed by atoms with Gasteiger partial charge in [0.15, 0.2) is 0 Å². The number of benzene rings is 2. The Morgan fingerprint density at radius 1 is 1.00 bits per heavy atom. The summed E-state index contributed by atoms with van der Waals surface area (Å²) in [6.07, 6.45) is 0.838. The van der Waals surface area contributed by atoms with Gasteiger partial charge in [0.25, 0.3) is 5.91 Å². The molecule has 1 N–H and O–H groups in total. The normalized spacial score (nSPS) is 10.4. The van der Waals surface area contributed by atoms with Gasteiger partial charge in [-0.3, -0.25) is 4.79 Å². The molecule has 2 rings (SSSR count). The molecule has 116 valence electrons. The van der Waals surface area contributed by atoms with Crippen LogP contribution in [-0.4, -0.2) is 26.5 Å². The Kier molecular flexibility index (Phi) is 5.21. The molecule has 0 aromatic heterocycles. The zero-order valence-corrected chi connectivity index (χ0v) is 13.8. The molecule has 0 fully saturated rings. The van der Waals surface area contributed by atoms with Gasteiger partial charge < -0.3 is 10.2 Å². The Hall–Kier alpha value is -2.29. The second-order valence-electron chi connectivity index (χ2n) is 5.87. The van der Waals surface area contributed by atoms with Crippen molar-refractivity contribution >= 4 is 11.6 Å². The Morgan fingerprint density at radius 2 is 1.68 bits per heavy atom. The van der Waals surface area contributed by atoms with Gasteiger partial charge in [0, 0.05) is 31.9 Å². The summed E-state index contributed by atoms with van der Waals surface area (Å²) in [5, 5.41) is 2.98. The minimum Gasteiger partial charge on any atom is -0.378 e. The van der Waals surface area contributed by atoms with Crippen molar-refractivity contribution in [3.8, 4) is 0 Å². The molecule has 0 unspecified atom stereocenters. The molecular formula is C19H24N2O. The summed E-state index contributed by atoms with van der Waals surface area (Å²) >= 11 is 0. The van der Waals surface area contributed by atoms with Crippen LogP contribution in [-0.2, 0) is 6.42 Å². The van der Waals surface area contributed by atoms with Crippen molar-refractivity contribution in [2.45, 2.75) is 20.3 Å². The van der Waals surface area contributed by atoms with Gasteiger partial charge in [-0.2, -0.15) is 0 Å². The maximum atomic E-state index is 12.1. The van der Waals surface area contributed by atoms with Crippen LogP contribution in [0.1, 0.15) is 27.0 Å². The highest BCUT2D eigenvalue weighted by Crippen LogP contribution is 2.13. The highest BCUT2D eigenvalue weighted by molar-refractivity contribution is 5.94. The van der Waals surface area contributed by atoms with Crippen molar-refractivity contribution in [3.63, 3.8) is 0 Å². The maximum Gasteiger partial charge on any atom is 0.251 e. The van der Waals surface area contributed by atoms with E-state index >= 15 is 0 Å². The molecule has 3 nitrogen and oxygen atoms in total. The molecule has 0 bridgehead atoms. The van der Waals surface area contributed by atoms with Crippen LogP contribution in [0, 0.1) is 13.8 Å². The molecule has 2 aromatic carbocycles. The predicted molar refractivity (Wildman–Crippen MR) is 92.7 cm³/mol. The number of carbonyl (C=O) groups excluding carboxylic acids is 1. The first-order chi connectivity index (χ1) is 10.5. The third-order valence-electron chi connectivity index (χ3n) is 3.92. The van der Waals surface area contributed by atoms with Crippen LogP contribution in [0.4, 0.5) is 5.69 Å².